The van der Waals surface area contributed by atoms with Crippen molar-refractivity contribution in [3.63, 3.8) is 0 Å². The van der Waals surface area contributed by atoms with Gasteiger partial charge in [-0.1, -0.05) is 12.1 Å². The first-order valence-corrected chi connectivity index (χ1v) is 7.08. The van der Waals surface area contributed by atoms with E-state index in [1.165, 1.54) is 6.42 Å². The highest BCUT2D eigenvalue weighted by molar-refractivity contribution is 14.1. The van der Waals surface area contributed by atoms with Crippen LogP contribution in [-0.2, 0) is 0 Å². The Bertz CT molecular complexity index is 389. The van der Waals surface area contributed by atoms with Gasteiger partial charge in [0.05, 0.1) is 5.56 Å². The number of hydrogen-bond acceptors (Lipinski definition) is 2. The number of nitrogens with one attached hydrogen (secondary N) is 2. The molecule has 1 aromatic carbocycles. The van der Waals surface area contributed by atoms with E-state index < -0.39 is 0 Å². The molecular weight excluding hydrogens is 327 g/mol. The summed E-state index contributed by atoms with van der Waals surface area (Å²) in [4.78, 5) is 11.9. The van der Waals surface area contributed by atoms with Gasteiger partial charge in [0, 0.05) is 10.1 Å². The van der Waals surface area contributed by atoms with Crippen LogP contribution in [0.3, 0.4) is 0 Å². The minimum atomic E-state index is 0.0426. The summed E-state index contributed by atoms with van der Waals surface area (Å²) in [5.41, 5.74) is 0.776. The number of halogens is 1. The van der Waals surface area contributed by atoms with E-state index in [0.29, 0.717) is 0 Å². The molecule has 1 amide bonds. The lowest BCUT2D eigenvalue weighted by atomic mass is 10.1. The van der Waals surface area contributed by atoms with Crippen LogP contribution >= 0.6 is 22.6 Å². The maximum Gasteiger partial charge on any atom is 0.252 e. The predicted molar refractivity (Wildman–Crippen MR) is 77.1 cm³/mol. The minimum Gasteiger partial charge on any atom is -0.352 e. The molecule has 2 N–H and O–H groups in total. The van der Waals surface area contributed by atoms with Gasteiger partial charge in [-0.2, -0.15) is 0 Å². The van der Waals surface area contributed by atoms with E-state index in [9.17, 15) is 4.79 Å². The Kier molecular flexibility index (Phi) is 4.79. The van der Waals surface area contributed by atoms with Crippen LogP contribution < -0.4 is 10.6 Å². The highest BCUT2D eigenvalue weighted by Crippen LogP contribution is 2.13. The molecule has 0 saturated carbocycles. The van der Waals surface area contributed by atoms with E-state index in [1.54, 1.807) is 0 Å². The number of hydrogen-bond donors (Lipinski definition) is 2. The van der Waals surface area contributed by atoms with E-state index in [1.807, 2.05) is 24.3 Å². The van der Waals surface area contributed by atoms with Gasteiger partial charge in [0.2, 0.25) is 0 Å². The first-order valence-electron chi connectivity index (χ1n) is 6.01. The monoisotopic (exact) mass is 344 g/mol. The summed E-state index contributed by atoms with van der Waals surface area (Å²) < 4.78 is 1.00. The summed E-state index contributed by atoms with van der Waals surface area (Å²) in [7, 11) is 0. The maximum absolute atomic E-state index is 11.9. The number of carbonyl (C=O) groups excluding carboxylic acids is 1. The lowest BCUT2D eigenvalue weighted by Gasteiger charge is -2.10. The van der Waals surface area contributed by atoms with Crippen LogP contribution in [0.1, 0.15) is 23.2 Å². The smallest absolute Gasteiger partial charge is 0.252 e. The van der Waals surface area contributed by atoms with E-state index in [0.717, 1.165) is 41.1 Å². The fourth-order valence-electron chi connectivity index (χ4n) is 2.09. The number of benzene rings is 1. The Balaban J connectivity index is 1.79. The normalized spacial score (nSPS) is 19.2. The molecule has 1 atom stereocenters. The molecule has 0 aromatic heterocycles. The third-order valence-corrected chi connectivity index (χ3v) is 4.06. The van der Waals surface area contributed by atoms with Gasteiger partial charge in [0.25, 0.3) is 5.91 Å². The molecule has 92 valence electrons. The molecule has 4 heteroatoms. The van der Waals surface area contributed by atoms with Crippen LogP contribution in [0.25, 0.3) is 0 Å². The van der Waals surface area contributed by atoms with E-state index in [-0.39, 0.29) is 5.91 Å². The Morgan fingerprint density at radius 3 is 3.00 bits per heavy atom. The molecule has 1 aromatic rings. The summed E-state index contributed by atoms with van der Waals surface area (Å²) in [6.07, 6.45) is 2.31. The standard InChI is InChI=1S/C13H17IN2O/c14-12-4-2-1-3-11(12)13(17)16-8-6-10-5-7-15-9-10/h1-4,10,15H,5-9H2,(H,16,17). The molecular formula is C13H17IN2O. The van der Waals surface area contributed by atoms with Gasteiger partial charge in [-0.25, -0.2) is 0 Å². The fourth-order valence-corrected chi connectivity index (χ4v) is 2.72. The highest BCUT2D eigenvalue weighted by Gasteiger charge is 2.14. The topological polar surface area (TPSA) is 41.1 Å². The maximum atomic E-state index is 11.9. The first-order chi connectivity index (χ1) is 8.27. The molecule has 0 aliphatic carbocycles. The second-order valence-electron chi connectivity index (χ2n) is 4.38. The Morgan fingerprint density at radius 1 is 1.47 bits per heavy atom. The van der Waals surface area contributed by atoms with Crippen molar-refractivity contribution >= 4 is 28.5 Å². The van der Waals surface area contributed by atoms with Crippen LogP contribution in [0.5, 0.6) is 0 Å². The van der Waals surface area contributed by atoms with Crippen molar-refractivity contribution in [1.82, 2.24) is 10.6 Å². The molecule has 0 bridgehead atoms. The largest absolute Gasteiger partial charge is 0.352 e. The number of rotatable bonds is 4. The summed E-state index contributed by atoms with van der Waals surface area (Å²) in [5, 5.41) is 6.33. The zero-order chi connectivity index (χ0) is 12.1. The molecule has 3 nitrogen and oxygen atoms in total. The van der Waals surface area contributed by atoms with E-state index >= 15 is 0 Å². The molecule has 1 fully saturated rings. The minimum absolute atomic E-state index is 0.0426. The van der Waals surface area contributed by atoms with Crippen molar-refractivity contribution in [2.75, 3.05) is 19.6 Å². The molecule has 1 aliphatic rings. The molecule has 1 saturated heterocycles. The van der Waals surface area contributed by atoms with Crippen LogP contribution in [-0.4, -0.2) is 25.5 Å². The van der Waals surface area contributed by atoms with Crippen LogP contribution in [0, 0.1) is 9.49 Å². The second kappa shape index (κ2) is 6.35. The van der Waals surface area contributed by atoms with Crippen molar-refractivity contribution in [2.24, 2.45) is 5.92 Å². The zero-order valence-corrected chi connectivity index (χ0v) is 11.9. The predicted octanol–water partition coefficient (Wildman–Crippen LogP) is 2.02. The third kappa shape index (κ3) is 3.67. The molecule has 1 unspecified atom stereocenters. The summed E-state index contributed by atoms with van der Waals surface area (Å²) in [6.45, 7) is 2.99. The number of carbonyl (C=O) groups is 1. The fraction of sp³-hybridized carbons (Fsp3) is 0.462. The van der Waals surface area contributed by atoms with E-state index in [4.69, 9.17) is 0 Å². The van der Waals surface area contributed by atoms with Gasteiger partial charge >= 0.3 is 0 Å². The van der Waals surface area contributed by atoms with Crippen LogP contribution in [0.2, 0.25) is 0 Å². The lowest BCUT2D eigenvalue weighted by Crippen LogP contribution is -2.27. The molecule has 0 radical (unpaired) electrons. The van der Waals surface area contributed by atoms with Crippen molar-refractivity contribution in [3.8, 4) is 0 Å². The Morgan fingerprint density at radius 2 is 2.29 bits per heavy atom. The highest BCUT2D eigenvalue weighted by atomic mass is 127. The van der Waals surface area contributed by atoms with Gasteiger partial charge < -0.3 is 10.6 Å². The van der Waals surface area contributed by atoms with Gasteiger partial charge in [-0.15, -0.1) is 0 Å². The van der Waals surface area contributed by atoms with E-state index in [2.05, 4.69) is 33.2 Å². The van der Waals surface area contributed by atoms with Crippen molar-refractivity contribution < 1.29 is 4.79 Å². The molecule has 1 aliphatic heterocycles. The Hall–Kier alpha value is -0.620. The molecule has 0 spiro atoms. The van der Waals surface area contributed by atoms with Gasteiger partial charge in [-0.3, -0.25) is 4.79 Å². The lowest BCUT2D eigenvalue weighted by molar-refractivity contribution is 0.0951. The average molecular weight is 344 g/mol. The second-order valence-corrected chi connectivity index (χ2v) is 5.55. The van der Waals surface area contributed by atoms with Crippen LogP contribution in [0.4, 0.5) is 0 Å². The quantitative estimate of drug-likeness (QED) is 0.821. The first kappa shape index (κ1) is 12.8. The SMILES string of the molecule is O=C(NCCC1CCNC1)c1ccccc1I. The van der Waals surface area contributed by atoms with Crippen LogP contribution in [0.15, 0.2) is 24.3 Å². The molecule has 17 heavy (non-hydrogen) atoms. The summed E-state index contributed by atoms with van der Waals surface area (Å²) in [6, 6.07) is 7.67. The molecule has 1 heterocycles. The summed E-state index contributed by atoms with van der Waals surface area (Å²) >= 11 is 2.19. The zero-order valence-electron chi connectivity index (χ0n) is 9.71. The molecule has 2 rings (SSSR count). The van der Waals surface area contributed by atoms with Gasteiger partial charge in [0.15, 0.2) is 0 Å². The van der Waals surface area contributed by atoms with Gasteiger partial charge in [-0.05, 0) is 66.6 Å². The Labute approximate surface area is 116 Å². The van der Waals surface area contributed by atoms with Crippen molar-refractivity contribution in [1.29, 1.82) is 0 Å². The number of amides is 1. The van der Waals surface area contributed by atoms with Gasteiger partial charge in [0.1, 0.15) is 0 Å². The summed E-state index contributed by atoms with van der Waals surface area (Å²) in [5.74, 6) is 0.770. The van der Waals surface area contributed by atoms with Crippen molar-refractivity contribution in [3.05, 3.63) is 33.4 Å². The average Bonchev–Trinajstić information content (AvgIpc) is 2.82. The third-order valence-electron chi connectivity index (χ3n) is 3.12. The van der Waals surface area contributed by atoms with Crippen molar-refractivity contribution in [2.45, 2.75) is 12.8 Å².